The van der Waals surface area contributed by atoms with Gasteiger partial charge in [-0.1, -0.05) is 18.2 Å². The van der Waals surface area contributed by atoms with E-state index in [1.165, 1.54) is 0 Å². The highest BCUT2D eigenvalue weighted by Crippen LogP contribution is 2.19. The van der Waals surface area contributed by atoms with Gasteiger partial charge >= 0.3 is 6.09 Å². The SMILES string of the molecule is CC(NC(=O)OC(C)(C)C)c1ccccc1I. The normalized spacial score (nSPS) is 13.0. The van der Waals surface area contributed by atoms with Crippen molar-refractivity contribution in [2.75, 3.05) is 0 Å². The highest BCUT2D eigenvalue weighted by atomic mass is 127. The van der Waals surface area contributed by atoms with E-state index in [0.717, 1.165) is 9.13 Å². The summed E-state index contributed by atoms with van der Waals surface area (Å²) in [5.74, 6) is 0. The lowest BCUT2D eigenvalue weighted by Crippen LogP contribution is -2.34. The minimum atomic E-state index is -0.465. The van der Waals surface area contributed by atoms with Crippen LogP contribution in [0.15, 0.2) is 24.3 Å². The Morgan fingerprint density at radius 2 is 1.94 bits per heavy atom. The van der Waals surface area contributed by atoms with Crippen LogP contribution in [-0.2, 0) is 4.74 Å². The van der Waals surface area contributed by atoms with Crippen LogP contribution in [0.1, 0.15) is 39.3 Å². The number of alkyl carbamates (subject to hydrolysis) is 1. The van der Waals surface area contributed by atoms with Crippen molar-refractivity contribution >= 4 is 28.7 Å². The van der Waals surface area contributed by atoms with Gasteiger partial charge in [0.25, 0.3) is 0 Å². The summed E-state index contributed by atoms with van der Waals surface area (Å²) in [5.41, 5.74) is 0.632. The molecule has 1 N–H and O–H groups in total. The topological polar surface area (TPSA) is 38.3 Å². The smallest absolute Gasteiger partial charge is 0.408 e. The van der Waals surface area contributed by atoms with Gasteiger partial charge in [-0.25, -0.2) is 4.79 Å². The molecule has 0 saturated heterocycles. The van der Waals surface area contributed by atoms with Crippen molar-refractivity contribution in [3.05, 3.63) is 33.4 Å². The van der Waals surface area contributed by atoms with Crippen LogP contribution in [0.3, 0.4) is 0 Å². The monoisotopic (exact) mass is 347 g/mol. The van der Waals surface area contributed by atoms with Gasteiger partial charge in [-0.05, 0) is 61.9 Å². The fourth-order valence-corrected chi connectivity index (χ4v) is 2.24. The van der Waals surface area contributed by atoms with Gasteiger partial charge in [0.1, 0.15) is 5.60 Å². The Morgan fingerprint density at radius 1 is 1.35 bits per heavy atom. The average Bonchev–Trinajstić information content (AvgIpc) is 2.14. The fraction of sp³-hybridized carbons (Fsp3) is 0.462. The molecule has 1 aromatic rings. The molecule has 1 unspecified atom stereocenters. The van der Waals surface area contributed by atoms with E-state index in [0.29, 0.717) is 0 Å². The number of ether oxygens (including phenoxy) is 1. The quantitative estimate of drug-likeness (QED) is 0.825. The first-order valence-corrected chi connectivity index (χ1v) is 6.61. The molecule has 0 spiro atoms. The molecule has 17 heavy (non-hydrogen) atoms. The van der Waals surface area contributed by atoms with Crippen molar-refractivity contribution in [1.82, 2.24) is 5.32 Å². The third-order valence-corrected chi connectivity index (χ3v) is 3.09. The van der Waals surface area contributed by atoms with Crippen molar-refractivity contribution in [3.8, 4) is 0 Å². The molecule has 0 saturated carbocycles. The summed E-state index contributed by atoms with van der Waals surface area (Å²) in [6.45, 7) is 7.50. The van der Waals surface area contributed by atoms with E-state index < -0.39 is 5.60 Å². The Kier molecular flexibility index (Phi) is 4.80. The maximum atomic E-state index is 11.6. The van der Waals surface area contributed by atoms with Crippen molar-refractivity contribution in [2.45, 2.75) is 39.3 Å². The Labute approximate surface area is 116 Å². The van der Waals surface area contributed by atoms with Crippen LogP contribution in [0.5, 0.6) is 0 Å². The molecular formula is C13H18INO2. The maximum absolute atomic E-state index is 11.6. The zero-order valence-electron chi connectivity index (χ0n) is 10.6. The van der Waals surface area contributed by atoms with Crippen LogP contribution >= 0.6 is 22.6 Å². The molecule has 0 fully saturated rings. The van der Waals surface area contributed by atoms with Gasteiger partial charge in [-0.2, -0.15) is 0 Å². The summed E-state index contributed by atoms with van der Waals surface area (Å²) in [7, 11) is 0. The molecule has 1 aromatic carbocycles. The second kappa shape index (κ2) is 5.71. The number of halogens is 1. The van der Waals surface area contributed by atoms with E-state index in [1.807, 2.05) is 52.0 Å². The second-order valence-corrected chi connectivity index (χ2v) is 6.05. The summed E-state index contributed by atoms with van der Waals surface area (Å²) >= 11 is 2.26. The molecular weight excluding hydrogens is 329 g/mol. The van der Waals surface area contributed by atoms with Crippen LogP contribution in [0.2, 0.25) is 0 Å². The summed E-state index contributed by atoms with van der Waals surface area (Å²) in [6, 6.07) is 7.90. The number of nitrogens with one attached hydrogen (secondary N) is 1. The highest BCUT2D eigenvalue weighted by molar-refractivity contribution is 14.1. The molecule has 0 radical (unpaired) electrons. The molecule has 0 bridgehead atoms. The standard InChI is InChI=1S/C13H18INO2/c1-9(10-7-5-6-8-11(10)14)15-12(16)17-13(2,3)4/h5-9H,1-4H3,(H,15,16). The van der Waals surface area contributed by atoms with Crippen molar-refractivity contribution < 1.29 is 9.53 Å². The van der Waals surface area contributed by atoms with Gasteiger partial charge in [0.2, 0.25) is 0 Å². The third-order valence-electron chi connectivity index (χ3n) is 2.10. The molecule has 0 aliphatic heterocycles. The van der Waals surface area contributed by atoms with Gasteiger partial charge < -0.3 is 10.1 Å². The van der Waals surface area contributed by atoms with Gasteiger partial charge in [-0.15, -0.1) is 0 Å². The van der Waals surface area contributed by atoms with Crippen LogP contribution in [-0.4, -0.2) is 11.7 Å². The summed E-state index contributed by atoms with van der Waals surface area (Å²) in [6.07, 6.45) is -0.385. The van der Waals surface area contributed by atoms with E-state index in [2.05, 4.69) is 27.9 Å². The lowest BCUT2D eigenvalue weighted by Gasteiger charge is -2.22. The number of benzene rings is 1. The van der Waals surface area contributed by atoms with E-state index in [1.54, 1.807) is 0 Å². The third kappa shape index (κ3) is 4.93. The Hall–Kier alpha value is -0.780. The number of hydrogen-bond donors (Lipinski definition) is 1. The fourth-order valence-electron chi connectivity index (χ4n) is 1.39. The molecule has 0 aromatic heterocycles. The number of hydrogen-bond acceptors (Lipinski definition) is 2. The number of amides is 1. The first kappa shape index (κ1) is 14.3. The molecule has 0 aliphatic rings. The minimum absolute atomic E-state index is 0.0575. The Balaban J connectivity index is 2.64. The van der Waals surface area contributed by atoms with Crippen LogP contribution in [0, 0.1) is 3.57 Å². The largest absolute Gasteiger partial charge is 0.444 e. The summed E-state index contributed by atoms with van der Waals surface area (Å²) in [4.78, 5) is 11.6. The first-order chi connectivity index (χ1) is 7.79. The van der Waals surface area contributed by atoms with Crippen LogP contribution in [0.25, 0.3) is 0 Å². The molecule has 4 heteroatoms. The molecule has 94 valence electrons. The van der Waals surface area contributed by atoms with Crippen LogP contribution < -0.4 is 5.32 Å². The van der Waals surface area contributed by atoms with Crippen molar-refractivity contribution in [2.24, 2.45) is 0 Å². The summed E-state index contributed by atoms with van der Waals surface area (Å²) < 4.78 is 6.35. The highest BCUT2D eigenvalue weighted by Gasteiger charge is 2.18. The predicted molar refractivity (Wildman–Crippen MR) is 76.9 cm³/mol. The molecule has 0 aliphatic carbocycles. The zero-order valence-corrected chi connectivity index (χ0v) is 12.7. The van der Waals surface area contributed by atoms with E-state index in [9.17, 15) is 4.79 Å². The molecule has 1 amide bonds. The lowest BCUT2D eigenvalue weighted by molar-refractivity contribution is 0.0508. The zero-order chi connectivity index (χ0) is 13.1. The average molecular weight is 347 g/mol. The van der Waals surface area contributed by atoms with E-state index in [4.69, 9.17) is 4.74 Å². The molecule has 0 heterocycles. The van der Waals surface area contributed by atoms with Crippen molar-refractivity contribution in [1.29, 1.82) is 0 Å². The van der Waals surface area contributed by atoms with E-state index >= 15 is 0 Å². The molecule has 1 rings (SSSR count). The van der Waals surface area contributed by atoms with Gasteiger partial charge in [0, 0.05) is 3.57 Å². The van der Waals surface area contributed by atoms with Crippen molar-refractivity contribution in [3.63, 3.8) is 0 Å². The number of carbonyl (C=O) groups is 1. The first-order valence-electron chi connectivity index (χ1n) is 5.53. The minimum Gasteiger partial charge on any atom is -0.444 e. The summed E-state index contributed by atoms with van der Waals surface area (Å²) in [5, 5.41) is 2.83. The molecule has 1 atom stereocenters. The number of carbonyl (C=O) groups excluding carboxylic acids is 1. The van der Waals surface area contributed by atoms with Gasteiger partial charge in [0.15, 0.2) is 0 Å². The second-order valence-electron chi connectivity index (χ2n) is 4.89. The Morgan fingerprint density at radius 3 is 2.47 bits per heavy atom. The maximum Gasteiger partial charge on any atom is 0.408 e. The number of rotatable bonds is 2. The van der Waals surface area contributed by atoms with E-state index in [-0.39, 0.29) is 12.1 Å². The van der Waals surface area contributed by atoms with Gasteiger partial charge in [-0.3, -0.25) is 0 Å². The lowest BCUT2D eigenvalue weighted by atomic mass is 10.1. The predicted octanol–water partition coefficient (Wildman–Crippen LogP) is 3.88. The van der Waals surface area contributed by atoms with Crippen LogP contribution in [0.4, 0.5) is 4.79 Å². The Bertz CT molecular complexity index is 399. The van der Waals surface area contributed by atoms with Gasteiger partial charge in [0.05, 0.1) is 6.04 Å². The molecule has 3 nitrogen and oxygen atoms in total.